The second-order valence-corrected chi connectivity index (χ2v) is 8.73. The number of carbonyl (C=O) groups excluding carboxylic acids is 1. The van der Waals surface area contributed by atoms with Crippen LogP contribution in [0.15, 0.2) is 11.4 Å². The van der Waals surface area contributed by atoms with Gasteiger partial charge in [-0.15, -0.1) is 11.3 Å². The minimum absolute atomic E-state index is 0.0819. The summed E-state index contributed by atoms with van der Waals surface area (Å²) in [6.07, 6.45) is 4.85. The fourth-order valence-electron chi connectivity index (χ4n) is 4.50. The van der Waals surface area contributed by atoms with Gasteiger partial charge >= 0.3 is 5.97 Å². The molecule has 2 unspecified atom stereocenters. The number of thiophene rings is 1. The van der Waals surface area contributed by atoms with Crippen LogP contribution in [0.4, 0.5) is 0 Å². The van der Waals surface area contributed by atoms with E-state index in [1.54, 1.807) is 0 Å². The van der Waals surface area contributed by atoms with E-state index in [1.807, 2.05) is 23.3 Å². The summed E-state index contributed by atoms with van der Waals surface area (Å²) in [6, 6.07) is 2.68. The molecule has 150 valence electrons. The van der Waals surface area contributed by atoms with E-state index in [9.17, 15) is 9.59 Å². The number of likely N-dealkylation sites (tertiary alicyclic amines) is 1. The molecule has 0 aromatic carbocycles. The maximum absolute atomic E-state index is 13.0. The van der Waals surface area contributed by atoms with Crippen molar-refractivity contribution in [2.75, 3.05) is 39.8 Å². The molecule has 0 aliphatic carbocycles. The van der Waals surface area contributed by atoms with Crippen molar-refractivity contribution in [1.29, 1.82) is 0 Å². The average Bonchev–Trinajstić information content (AvgIpc) is 2.99. The van der Waals surface area contributed by atoms with Crippen LogP contribution >= 0.6 is 11.3 Å². The van der Waals surface area contributed by atoms with Crippen LogP contribution in [-0.4, -0.2) is 77.5 Å². The molecular weight excluding hydrogens is 362 g/mol. The summed E-state index contributed by atoms with van der Waals surface area (Å²) in [6.45, 7) is 5.31. The molecule has 7 heteroatoms. The number of hydrogen-bond acceptors (Lipinski definition) is 5. The molecule has 1 fully saturated rings. The van der Waals surface area contributed by atoms with Gasteiger partial charge in [0.25, 0.3) is 0 Å². The fraction of sp³-hybridized carbons (Fsp3) is 0.700. The third kappa shape index (κ3) is 4.89. The quantitative estimate of drug-likeness (QED) is 0.804. The Hall–Kier alpha value is -1.44. The van der Waals surface area contributed by atoms with Gasteiger partial charge in [0.15, 0.2) is 0 Å². The van der Waals surface area contributed by atoms with Gasteiger partial charge in [-0.1, -0.05) is 6.92 Å². The lowest BCUT2D eigenvalue weighted by atomic mass is 9.97. The van der Waals surface area contributed by atoms with Gasteiger partial charge in [-0.05, 0) is 62.7 Å². The predicted octanol–water partition coefficient (Wildman–Crippen LogP) is 2.45. The topological polar surface area (TPSA) is 64.1 Å². The molecule has 6 nitrogen and oxygen atoms in total. The van der Waals surface area contributed by atoms with Crippen LogP contribution in [-0.2, 0) is 16.0 Å². The van der Waals surface area contributed by atoms with Crippen LogP contribution in [0.1, 0.15) is 49.1 Å². The van der Waals surface area contributed by atoms with Crippen LogP contribution in [0.25, 0.3) is 0 Å². The van der Waals surface area contributed by atoms with Gasteiger partial charge in [-0.2, -0.15) is 0 Å². The lowest BCUT2D eigenvalue weighted by Crippen LogP contribution is -2.45. The fourth-order valence-corrected chi connectivity index (χ4v) is 5.43. The minimum Gasteiger partial charge on any atom is -0.480 e. The number of carbonyl (C=O) groups is 2. The molecule has 0 saturated carbocycles. The van der Waals surface area contributed by atoms with Crippen molar-refractivity contribution in [2.24, 2.45) is 0 Å². The first kappa shape index (κ1) is 20.3. The van der Waals surface area contributed by atoms with Crippen LogP contribution in [0.5, 0.6) is 0 Å². The van der Waals surface area contributed by atoms with Gasteiger partial charge in [0.2, 0.25) is 5.91 Å². The summed E-state index contributed by atoms with van der Waals surface area (Å²) < 4.78 is 0. The Morgan fingerprint density at radius 1 is 1.30 bits per heavy atom. The second kappa shape index (κ2) is 9.17. The Labute approximate surface area is 165 Å². The number of carboxylic acids is 1. The number of fused-ring (bicyclic) bond motifs is 1. The van der Waals surface area contributed by atoms with Gasteiger partial charge < -0.3 is 10.0 Å². The average molecular weight is 394 g/mol. The van der Waals surface area contributed by atoms with Crippen LogP contribution in [0.2, 0.25) is 0 Å². The molecule has 1 N–H and O–H groups in total. The number of hydrogen-bond donors (Lipinski definition) is 1. The molecule has 3 rings (SSSR count). The first-order chi connectivity index (χ1) is 13.0. The number of carboxylic acid groups (broad SMARTS) is 1. The standard InChI is InChI=1S/C20H31N3O3S/c1-3-17-16-8-12-27-18(16)7-11-23(17)19(24)13-22-9-4-5-15(6-10-22)21(2)14-20(25)26/h8,12,15,17H,3-7,9-11,13-14H2,1-2H3,(H,25,26). The van der Waals surface area contributed by atoms with Crippen LogP contribution < -0.4 is 0 Å². The number of rotatable bonds is 6. The van der Waals surface area contributed by atoms with Crippen molar-refractivity contribution in [3.63, 3.8) is 0 Å². The highest BCUT2D eigenvalue weighted by Gasteiger charge is 2.31. The molecule has 0 spiro atoms. The van der Waals surface area contributed by atoms with Gasteiger partial charge in [0, 0.05) is 24.0 Å². The monoisotopic (exact) mass is 393 g/mol. The third-order valence-corrected chi connectivity index (χ3v) is 6.96. The first-order valence-electron chi connectivity index (χ1n) is 9.99. The van der Waals surface area contributed by atoms with Gasteiger partial charge in [0.05, 0.1) is 19.1 Å². The Kier molecular flexibility index (Phi) is 6.89. The summed E-state index contributed by atoms with van der Waals surface area (Å²) in [5.41, 5.74) is 1.34. The lowest BCUT2D eigenvalue weighted by molar-refractivity contribution is -0.138. The summed E-state index contributed by atoms with van der Waals surface area (Å²) in [7, 11) is 1.89. The van der Waals surface area contributed by atoms with Crippen molar-refractivity contribution < 1.29 is 14.7 Å². The van der Waals surface area contributed by atoms with Crippen molar-refractivity contribution in [1.82, 2.24) is 14.7 Å². The molecule has 1 aromatic heterocycles. The lowest BCUT2D eigenvalue weighted by Gasteiger charge is -2.36. The highest BCUT2D eigenvalue weighted by molar-refractivity contribution is 7.10. The molecule has 2 aliphatic rings. The Morgan fingerprint density at radius 3 is 2.85 bits per heavy atom. The second-order valence-electron chi connectivity index (χ2n) is 7.73. The predicted molar refractivity (Wildman–Crippen MR) is 107 cm³/mol. The van der Waals surface area contributed by atoms with Gasteiger partial charge in [-0.25, -0.2) is 0 Å². The summed E-state index contributed by atoms with van der Waals surface area (Å²) >= 11 is 1.81. The van der Waals surface area contributed by atoms with E-state index in [0.717, 1.165) is 51.7 Å². The van der Waals surface area contributed by atoms with E-state index >= 15 is 0 Å². The maximum Gasteiger partial charge on any atom is 0.317 e. The Balaban J connectivity index is 1.56. The molecule has 27 heavy (non-hydrogen) atoms. The summed E-state index contributed by atoms with van der Waals surface area (Å²) in [4.78, 5) is 31.7. The van der Waals surface area contributed by atoms with Crippen LogP contribution in [0, 0.1) is 0 Å². The molecule has 1 saturated heterocycles. The molecule has 2 atom stereocenters. The number of aliphatic carboxylic acids is 1. The highest BCUT2D eigenvalue weighted by atomic mass is 32.1. The van der Waals surface area contributed by atoms with E-state index in [0.29, 0.717) is 6.54 Å². The summed E-state index contributed by atoms with van der Waals surface area (Å²) in [5.74, 6) is -0.548. The number of likely N-dealkylation sites (N-methyl/N-ethyl adjacent to an activating group) is 1. The zero-order chi connectivity index (χ0) is 19.4. The number of nitrogens with zero attached hydrogens (tertiary/aromatic N) is 3. The Morgan fingerprint density at radius 2 is 2.11 bits per heavy atom. The Bertz CT molecular complexity index is 663. The minimum atomic E-state index is -0.780. The van der Waals surface area contributed by atoms with Crippen molar-refractivity contribution in [3.05, 3.63) is 21.9 Å². The van der Waals surface area contributed by atoms with Gasteiger partial charge in [0.1, 0.15) is 0 Å². The molecular formula is C20H31N3O3S. The maximum atomic E-state index is 13.0. The van der Waals surface area contributed by atoms with E-state index < -0.39 is 5.97 Å². The molecule has 0 radical (unpaired) electrons. The van der Waals surface area contributed by atoms with Gasteiger partial charge in [-0.3, -0.25) is 19.4 Å². The molecule has 2 aliphatic heterocycles. The summed E-state index contributed by atoms with van der Waals surface area (Å²) in [5, 5.41) is 11.1. The van der Waals surface area contributed by atoms with Crippen molar-refractivity contribution >= 4 is 23.2 Å². The normalized spacial score (nSPS) is 23.9. The first-order valence-corrected chi connectivity index (χ1v) is 10.9. The van der Waals surface area contributed by atoms with E-state index in [4.69, 9.17) is 5.11 Å². The molecule has 1 aromatic rings. The highest BCUT2D eigenvalue weighted by Crippen LogP contribution is 2.35. The van der Waals surface area contributed by atoms with E-state index in [2.05, 4.69) is 28.2 Å². The number of amides is 1. The van der Waals surface area contributed by atoms with Crippen molar-refractivity contribution in [3.8, 4) is 0 Å². The SMILES string of the molecule is CCC1c2ccsc2CCN1C(=O)CN1CCCC(N(C)CC(=O)O)CC1. The largest absolute Gasteiger partial charge is 0.480 e. The van der Waals surface area contributed by atoms with Crippen LogP contribution in [0.3, 0.4) is 0 Å². The zero-order valence-electron chi connectivity index (χ0n) is 16.4. The molecule has 0 bridgehead atoms. The molecule has 1 amide bonds. The molecule has 3 heterocycles. The van der Waals surface area contributed by atoms with E-state index in [1.165, 1.54) is 10.4 Å². The third-order valence-electron chi connectivity index (χ3n) is 5.96. The smallest absolute Gasteiger partial charge is 0.317 e. The zero-order valence-corrected chi connectivity index (χ0v) is 17.2. The van der Waals surface area contributed by atoms with Crippen molar-refractivity contribution in [2.45, 2.75) is 51.1 Å². The van der Waals surface area contributed by atoms with E-state index in [-0.39, 0.29) is 24.5 Å².